The monoisotopic (exact) mass is 354 g/mol. The van der Waals surface area contributed by atoms with Crippen LogP contribution >= 0.6 is 35.4 Å². The molecule has 0 saturated carbocycles. The molecule has 0 aliphatic heterocycles. The Bertz CT molecular complexity index is 767. The van der Waals surface area contributed by atoms with E-state index in [1.807, 2.05) is 4.98 Å². The van der Waals surface area contributed by atoms with Gasteiger partial charge in [-0.25, -0.2) is 0 Å². The van der Waals surface area contributed by atoms with Gasteiger partial charge in [0.05, 0.1) is 16.6 Å². The summed E-state index contributed by atoms with van der Waals surface area (Å²) in [6.45, 7) is -0.0107. The van der Waals surface area contributed by atoms with Gasteiger partial charge in [0.15, 0.2) is 4.77 Å². The highest BCUT2D eigenvalue weighted by atomic mass is 35.5. The summed E-state index contributed by atoms with van der Waals surface area (Å²) >= 11 is 16.4. The lowest BCUT2D eigenvalue weighted by molar-refractivity contribution is -0.141. The van der Waals surface area contributed by atoms with Crippen molar-refractivity contribution >= 4 is 35.4 Å². The quantitative estimate of drug-likeness (QED) is 0.817. The molecule has 0 spiro atoms. The number of alkyl halides is 3. The highest BCUT2D eigenvalue weighted by molar-refractivity contribution is 7.71. The Morgan fingerprint density at radius 2 is 1.86 bits per heavy atom. The van der Waals surface area contributed by atoms with E-state index in [1.54, 1.807) is 6.07 Å². The predicted octanol–water partition coefficient (Wildman–Crippen LogP) is 4.28. The summed E-state index contributed by atoms with van der Waals surface area (Å²) in [5, 5.41) is 0.620. The first-order valence-corrected chi connectivity index (χ1v) is 6.70. The van der Waals surface area contributed by atoms with Gasteiger partial charge >= 0.3 is 6.18 Å². The molecule has 0 fully saturated rings. The van der Waals surface area contributed by atoms with Crippen molar-refractivity contribution in [3.63, 3.8) is 0 Å². The van der Waals surface area contributed by atoms with Crippen LogP contribution in [0.3, 0.4) is 0 Å². The Morgan fingerprint density at radius 1 is 1.19 bits per heavy atom. The van der Waals surface area contributed by atoms with Crippen LogP contribution < -0.4 is 5.56 Å². The Hall–Kier alpha value is -1.31. The molecule has 0 bridgehead atoms. The normalized spacial score (nSPS) is 11.7. The molecule has 112 valence electrons. The van der Waals surface area contributed by atoms with Crippen molar-refractivity contribution in [3.8, 4) is 0 Å². The zero-order valence-corrected chi connectivity index (χ0v) is 12.5. The van der Waals surface area contributed by atoms with Gasteiger partial charge in [-0.15, -0.1) is 0 Å². The topological polar surface area (TPSA) is 37.8 Å². The number of nitrogens with one attached hydrogen (secondary N) is 1. The van der Waals surface area contributed by atoms with Gasteiger partial charge < -0.3 is 4.98 Å². The second kappa shape index (κ2) is 5.82. The number of aromatic nitrogens is 2. The van der Waals surface area contributed by atoms with Gasteiger partial charge in [-0.2, -0.15) is 13.2 Å². The summed E-state index contributed by atoms with van der Waals surface area (Å²) in [5.41, 5.74) is -1.44. The molecule has 9 heteroatoms. The summed E-state index contributed by atoms with van der Waals surface area (Å²) in [7, 11) is 0. The minimum Gasteiger partial charge on any atom is -0.328 e. The first kappa shape index (κ1) is 16.1. The number of hydrogen-bond acceptors (Lipinski definition) is 2. The number of H-pyrrole nitrogens is 1. The number of nitrogens with zero attached hydrogens (tertiary/aromatic N) is 1. The molecule has 0 saturated heterocycles. The molecule has 0 atom stereocenters. The third-order valence-corrected chi connectivity index (χ3v) is 3.71. The molecule has 1 aromatic heterocycles. The maximum Gasteiger partial charge on any atom is 0.431 e. The maximum atomic E-state index is 12.5. The van der Waals surface area contributed by atoms with Gasteiger partial charge in [0.25, 0.3) is 5.56 Å². The molecule has 0 aliphatic carbocycles. The fraction of sp³-hybridized carbons (Fsp3) is 0.167. The Morgan fingerprint density at radius 3 is 2.38 bits per heavy atom. The van der Waals surface area contributed by atoms with E-state index in [1.165, 1.54) is 12.1 Å². The third-order valence-electron chi connectivity index (χ3n) is 2.65. The number of hydrogen-bond donors (Lipinski definition) is 1. The largest absolute Gasteiger partial charge is 0.431 e. The Labute approximate surface area is 131 Å². The van der Waals surface area contributed by atoms with Crippen molar-refractivity contribution in [2.24, 2.45) is 0 Å². The number of benzene rings is 1. The minimum atomic E-state index is -4.66. The van der Waals surface area contributed by atoms with Gasteiger partial charge in [-0.3, -0.25) is 9.36 Å². The average molecular weight is 355 g/mol. The lowest BCUT2D eigenvalue weighted by Gasteiger charge is -2.10. The molecular weight excluding hydrogens is 348 g/mol. The fourth-order valence-corrected chi connectivity index (χ4v) is 2.23. The summed E-state index contributed by atoms with van der Waals surface area (Å²) < 4.78 is 38.3. The molecule has 0 amide bonds. The van der Waals surface area contributed by atoms with Gasteiger partial charge in [0.2, 0.25) is 0 Å². The predicted molar refractivity (Wildman–Crippen MR) is 76.5 cm³/mol. The van der Waals surface area contributed by atoms with Gasteiger partial charge in [-0.05, 0) is 29.9 Å². The van der Waals surface area contributed by atoms with Crippen molar-refractivity contribution in [1.29, 1.82) is 0 Å². The van der Waals surface area contributed by atoms with E-state index >= 15 is 0 Å². The van der Waals surface area contributed by atoms with Crippen LogP contribution in [0.15, 0.2) is 29.1 Å². The molecule has 2 rings (SSSR count). The SMILES string of the molecule is O=c1cc(C(F)(F)F)[nH]c(=S)n1Cc1ccc(Cl)c(Cl)c1. The number of rotatable bonds is 2. The molecule has 3 nitrogen and oxygen atoms in total. The van der Waals surface area contributed by atoms with E-state index in [9.17, 15) is 18.0 Å². The molecule has 0 unspecified atom stereocenters. The Balaban J connectivity index is 2.44. The summed E-state index contributed by atoms with van der Waals surface area (Å²) in [4.78, 5) is 13.8. The van der Waals surface area contributed by atoms with Crippen LogP contribution in [0.5, 0.6) is 0 Å². The second-order valence-corrected chi connectivity index (χ2v) is 5.36. The number of halogens is 5. The first-order chi connectivity index (χ1) is 9.68. The molecule has 0 aliphatic rings. The van der Waals surface area contributed by atoms with E-state index in [0.29, 0.717) is 16.7 Å². The highest BCUT2D eigenvalue weighted by Gasteiger charge is 2.32. The maximum absolute atomic E-state index is 12.5. The van der Waals surface area contributed by atoms with Crippen molar-refractivity contribution in [3.05, 3.63) is 60.7 Å². The summed E-state index contributed by atoms with van der Waals surface area (Å²) in [6.07, 6.45) is -4.66. The molecule has 1 aromatic carbocycles. The van der Waals surface area contributed by atoms with E-state index in [0.717, 1.165) is 4.57 Å². The molecule has 21 heavy (non-hydrogen) atoms. The van der Waals surface area contributed by atoms with Crippen LogP contribution in [-0.4, -0.2) is 9.55 Å². The molecule has 1 N–H and O–H groups in total. The van der Waals surface area contributed by atoms with Crippen molar-refractivity contribution in [1.82, 2.24) is 9.55 Å². The zero-order chi connectivity index (χ0) is 15.8. The standard InChI is InChI=1S/C12H7Cl2F3N2OS/c13-7-2-1-6(3-8(7)14)5-19-10(20)4-9(12(15,16)17)18-11(19)21/h1-4H,5H2,(H,18,21). The van der Waals surface area contributed by atoms with E-state index < -0.39 is 17.4 Å². The smallest absolute Gasteiger partial charge is 0.328 e. The Kier molecular flexibility index (Phi) is 4.46. The van der Waals surface area contributed by atoms with Crippen LogP contribution in [0.1, 0.15) is 11.3 Å². The van der Waals surface area contributed by atoms with Crippen LogP contribution in [0.25, 0.3) is 0 Å². The van der Waals surface area contributed by atoms with Crippen molar-refractivity contribution in [2.75, 3.05) is 0 Å². The van der Waals surface area contributed by atoms with Gasteiger partial charge in [0.1, 0.15) is 5.69 Å². The average Bonchev–Trinajstić information content (AvgIpc) is 2.36. The number of aromatic amines is 1. The van der Waals surface area contributed by atoms with E-state index in [2.05, 4.69) is 0 Å². The molecular formula is C12H7Cl2F3N2OS. The third kappa shape index (κ3) is 3.66. The summed E-state index contributed by atoms with van der Waals surface area (Å²) in [5.74, 6) is 0. The molecule has 1 heterocycles. The molecule has 2 aromatic rings. The first-order valence-electron chi connectivity index (χ1n) is 5.54. The van der Waals surface area contributed by atoms with Crippen LogP contribution in [0.2, 0.25) is 10.0 Å². The van der Waals surface area contributed by atoms with Crippen LogP contribution in [-0.2, 0) is 12.7 Å². The lowest BCUT2D eigenvalue weighted by Crippen LogP contribution is -2.25. The minimum absolute atomic E-state index is 0.0107. The highest BCUT2D eigenvalue weighted by Crippen LogP contribution is 2.26. The van der Waals surface area contributed by atoms with E-state index in [4.69, 9.17) is 35.4 Å². The van der Waals surface area contributed by atoms with Gasteiger partial charge in [-0.1, -0.05) is 29.3 Å². The van der Waals surface area contributed by atoms with Gasteiger partial charge in [0, 0.05) is 6.07 Å². The van der Waals surface area contributed by atoms with Crippen molar-refractivity contribution < 1.29 is 13.2 Å². The second-order valence-electron chi connectivity index (χ2n) is 4.16. The van der Waals surface area contributed by atoms with E-state index in [-0.39, 0.29) is 16.3 Å². The zero-order valence-electron chi connectivity index (χ0n) is 10.2. The van der Waals surface area contributed by atoms with Crippen LogP contribution in [0, 0.1) is 4.77 Å². The summed E-state index contributed by atoms with van der Waals surface area (Å²) in [6, 6.07) is 5.12. The fourth-order valence-electron chi connectivity index (χ4n) is 1.64. The van der Waals surface area contributed by atoms with Crippen LogP contribution in [0.4, 0.5) is 13.2 Å². The van der Waals surface area contributed by atoms with Crippen molar-refractivity contribution in [2.45, 2.75) is 12.7 Å². The molecule has 0 radical (unpaired) electrons. The lowest BCUT2D eigenvalue weighted by atomic mass is 10.2.